The van der Waals surface area contributed by atoms with E-state index in [0.717, 1.165) is 5.56 Å². The van der Waals surface area contributed by atoms with Gasteiger partial charge in [0.15, 0.2) is 5.78 Å². The number of aromatic nitrogens is 2. The Morgan fingerprint density at radius 3 is 2.35 bits per heavy atom. The Morgan fingerprint density at radius 1 is 1.25 bits per heavy atom. The van der Waals surface area contributed by atoms with Gasteiger partial charge in [0.05, 0.1) is 4.92 Å². The molecule has 0 fully saturated rings. The maximum atomic E-state index is 12.1. The smallest absolute Gasteiger partial charge is 0.292 e. The lowest BCUT2D eigenvalue weighted by atomic mass is 10.1. The summed E-state index contributed by atoms with van der Waals surface area (Å²) >= 11 is 0. The van der Waals surface area contributed by atoms with E-state index in [4.69, 9.17) is 0 Å². The van der Waals surface area contributed by atoms with Gasteiger partial charge in [-0.25, -0.2) is 0 Å². The Bertz CT molecular complexity index is 672. The number of hydrogen-bond donors (Lipinski definition) is 0. The van der Waals surface area contributed by atoms with Gasteiger partial charge < -0.3 is 0 Å². The highest BCUT2D eigenvalue weighted by Crippen LogP contribution is 2.22. The van der Waals surface area contributed by atoms with Crippen LogP contribution in [-0.4, -0.2) is 20.5 Å². The summed E-state index contributed by atoms with van der Waals surface area (Å²) < 4.78 is 1.38. The Balaban J connectivity index is 2.26. The third-order valence-electron chi connectivity index (χ3n) is 3.19. The first kappa shape index (κ1) is 13.9. The van der Waals surface area contributed by atoms with E-state index in [1.807, 2.05) is 19.1 Å². The van der Waals surface area contributed by atoms with Crippen LogP contribution >= 0.6 is 0 Å². The van der Waals surface area contributed by atoms with Gasteiger partial charge in [0.25, 0.3) is 0 Å². The third kappa shape index (κ3) is 2.59. The largest absolute Gasteiger partial charge is 0.312 e. The number of benzene rings is 1. The fraction of sp³-hybridized carbons (Fsp3) is 0.286. The van der Waals surface area contributed by atoms with E-state index in [1.54, 1.807) is 26.0 Å². The molecule has 0 aliphatic heterocycles. The first-order valence-corrected chi connectivity index (χ1v) is 6.18. The Labute approximate surface area is 116 Å². The second-order valence-corrected chi connectivity index (χ2v) is 4.72. The molecule has 6 heteroatoms. The van der Waals surface area contributed by atoms with E-state index >= 15 is 0 Å². The highest BCUT2D eigenvalue weighted by atomic mass is 16.6. The monoisotopic (exact) mass is 273 g/mol. The van der Waals surface area contributed by atoms with Crippen LogP contribution in [0.2, 0.25) is 0 Å². The van der Waals surface area contributed by atoms with Crippen LogP contribution in [0, 0.1) is 30.9 Å². The van der Waals surface area contributed by atoms with Gasteiger partial charge in [-0.1, -0.05) is 29.8 Å². The van der Waals surface area contributed by atoms with Gasteiger partial charge in [-0.2, -0.15) is 5.10 Å². The highest BCUT2D eigenvalue weighted by Gasteiger charge is 2.22. The molecule has 0 bridgehead atoms. The number of nitro groups is 1. The fourth-order valence-corrected chi connectivity index (χ4v) is 2.07. The van der Waals surface area contributed by atoms with Gasteiger partial charge in [0.1, 0.15) is 17.9 Å². The SMILES string of the molecule is Cc1ccc(C(=O)Cn2nc(C)c([N+](=O)[O-])c2C)cc1. The molecule has 0 unspecified atom stereocenters. The molecule has 0 saturated heterocycles. The van der Waals surface area contributed by atoms with Gasteiger partial charge in [0, 0.05) is 5.56 Å². The van der Waals surface area contributed by atoms with E-state index < -0.39 is 4.92 Å². The van der Waals surface area contributed by atoms with Gasteiger partial charge >= 0.3 is 5.69 Å². The number of hydrogen-bond acceptors (Lipinski definition) is 4. The van der Waals surface area contributed by atoms with Crippen molar-refractivity contribution in [3.8, 4) is 0 Å². The number of carbonyl (C=O) groups excluding carboxylic acids is 1. The van der Waals surface area contributed by atoms with Gasteiger partial charge in [-0.05, 0) is 20.8 Å². The lowest BCUT2D eigenvalue weighted by molar-refractivity contribution is -0.386. The van der Waals surface area contributed by atoms with Crippen molar-refractivity contribution in [2.24, 2.45) is 0 Å². The average molecular weight is 273 g/mol. The zero-order valence-electron chi connectivity index (χ0n) is 11.6. The van der Waals surface area contributed by atoms with E-state index in [0.29, 0.717) is 17.0 Å². The number of Topliss-reactive ketones (excluding diaryl/α,β-unsaturated/α-hetero) is 1. The summed E-state index contributed by atoms with van der Waals surface area (Å²) in [5.41, 5.74) is 2.34. The van der Waals surface area contributed by atoms with Crippen LogP contribution in [0.1, 0.15) is 27.3 Å². The molecule has 0 amide bonds. The normalized spacial score (nSPS) is 10.6. The average Bonchev–Trinajstić information content (AvgIpc) is 2.65. The molecule has 1 aromatic carbocycles. The van der Waals surface area contributed by atoms with E-state index in [2.05, 4.69) is 5.10 Å². The molecule has 0 N–H and O–H groups in total. The number of ketones is 1. The van der Waals surface area contributed by atoms with Crippen molar-refractivity contribution >= 4 is 11.5 Å². The summed E-state index contributed by atoms with van der Waals surface area (Å²) in [6, 6.07) is 7.21. The number of nitrogens with zero attached hydrogens (tertiary/aromatic N) is 3. The first-order valence-electron chi connectivity index (χ1n) is 6.18. The fourth-order valence-electron chi connectivity index (χ4n) is 2.07. The second kappa shape index (κ2) is 5.24. The van der Waals surface area contributed by atoms with Crippen LogP contribution in [0.15, 0.2) is 24.3 Å². The van der Waals surface area contributed by atoms with Crippen LogP contribution in [0.5, 0.6) is 0 Å². The van der Waals surface area contributed by atoms with Crippen molar-refractivity contribution < 1.29 is 9.72 Å². The van der Waals surface area contributed by atoms with E-state index in [9.17, 15) is 14.9 Å². The molecule has 1 heterocycles. The van der Waals surface area contributed by atoms with Crippen molar-refractivity contribution in [1.29, 1.82) is 0 Å². The predicted molar refractivity (Wildman–Crippen MR) is 73.9 cm³/mol. The van der Waals surface area contributed by atoms with Crippen molar-refractivity contribution in [3.05, 3.63) is 56.9 Å². The molecule has 0 aliphatic carbocycles. The minimum Gasteiger partial charge on any atom is -0.292 e. The minimum atomic E-state index is -0.468. The molecule has 0 atom stereocenters. The van der Waals surface area contributed by atoms with Crippen molar-refractivity contribution in [1.82, 2.24) is 9.78 Å². The zero-order chi connectivity index (χ0) is 14.9. The Kier molecular flexibility index (Phi) is 3.65. The van der Waals surface area contributed by atoms with Crippen LogP contribution in [0.25, 0.3) is 0 Å². The quantitative estimate of drug-likeness (QED) is 0.487. The summed E-state index contributed by atoms with van der Waals surface area (Å²) in [6.07, 6.45) is 0. The second-order valence-electron chi connectivity index (χ2n) is 4.72. The molecule has 1 aromatic heterocycles. The first-order chi connectivity index (χ1) is 9.40. The van der Waals surface area contributed by atoms with Crippen molar-refractivity contribution in [2.75, 3.05) is 0 Å². The molecule has 0 radical (unpaired) electrons. The molecule has 104 valence electrons. The van der Waals surface area contributed by atoms with Gasteiger partial charge in [-0.3, -0.25) is 19.6 Å². The minimum absolute atomic E-state index is 0.00355. The molecule has 2 rings (SSSR count). The number of rotatable bonds is 4. The standard InChI is InChI=1S/C14H15N3O3/c1-9-4-6-12(7-5-9)13(18)8-16-11(3)14(17(19)20)10(2)15-16/h4-7H,8H2,1-3H3. The lowest BCUT2D eigenvalue weighted by Gasteiger charge is -2.03. The highest BCUT2D eigenvalue weighted by molar-refractivity contribution is 5.95. The Hall–Kier alpha value is -2.50. The summed E-state index contributed by atoms with van der Waals surface area (Å²) in [5.74, 6) is -0.120. The number of aryl methyl sites for hydroxylation is 2. The van der Waals surface area contributed by atoms with Gasteiger partial charge in [0.2, 0.25) is 0 Å². The maximum absolute atomic E-state index is 12.1. The molecule has 2 aromatic rings. The van der Waals surface area contributed by atoms with Crippen molar-refractivity contribution in [2.45, 2.75) is 27.3 Å². The molecule has 0 saturated carbocycles. The maximum Gasteiger partial charge on any atom is 0.312 e. The molecule has 20 heavy (non-hydrogen) atoms. The molecule has 0 spiro atoms. The number of carbonyl (C=O) groups is 1. The van der Waals surface area contributed by atoms with Crippen LogP contribution < -0.4 is 0 Å². The lowest BCUT2D eigenvalue weighted by Crippen LogP contribution is -2.13. The summed E-state index contributed by atoms with van der Waals surface area (Å²) in [5, 5.41) is 15.0. The topological polar surface area (TPSA) is 78.0 Å². The van der Waals surface area contributed by atoms with Crippen LogP contribution in [0.3, 0.4) is 0 Å². The van der Waals surface area contributed by atoms with E-state index in [1.165, 1.54) is 4.68 Å². The van der Waals surface area contributed by atoms with E-state index in [-0.39, 0.29) is 18.0 Å². The third-order valence-corrected chi connectivity index (χ3v) is 3.19. The van der Waals surface area contributed by atoms with Gasteiger partial charge in [-0.15, -0.1) is 0 Å². The Morgan fingerprint density at radius 2 is 1.85 bits per heavy atom. The summed E-state index contributed by atoms with van der Waals surface area (Å²) in [6.45, 7) is 5.11. The van der Waals surface area contributed by atoms with Crippen molar-refractivity contribution in [3.63, 3.8) is 0 Å². The molecular formula is C14H15N3O3. The molecular weight excluding hydrogens is 258 g/mol. The zero-order valence-corrected chi connectivity index (χ0v) is 11.6. The summed E-state index contributed by atoms with van der Waals surface area (Å²) in [7, 11) is 0. The summed E-state index contributed by atoms with van der Waals surface area (Å²) in [4.78, 5) is 22.6. The molecule has 6 nitrogen and oxygen atoms in total. The van der Waals surface area contributed by atoms with Crippen LogP contribution in [0.4, 0.5) is 5.69 Å². The predicted octanol–water partition coefficient (Wildman–Crippen LogP) is 2.60. The van der Waals surface area contributed by atoms with Crippen LogP contribution in [-0.2, 0) is 6.54 Å². The molecule has 0 aliphatic rings.